The van der Waals surface area contributed by atoms with Crippen molar-refractivity contribution in [2.45, 2.75) is 6.92 Å². The Bertz CT molecular complexity index is 849. The summed E-state index contributed by atoms with van der Waals surface area (Å²) < 4.78 is 6.76. The van der Waals surface area contributed by atoms with Crippen molar-refractivity contribution in [2.24, 2.45) is 0 Å². The van der Waals surface area contributed by atoms with Crippen molar-refractivity contribution in [3.63, 3.8) is 0 Å². The number of hydrogen-bond donors (Lipinski definition) is 0. The molecule has 19 heavy (non-hydrogen) atoms. The van der Waals surface area contributed by atoms with Gasteiger partial charge >= 0.3 is 5.97 Å². The van der Waals surface area contributed by atoms with Gasteiger partial charge in [-0.25, -0.2) is 0 Å². The summed E-state index contributed by atoms with van der Waals surface area (Å²) in [7, 11) is 0. The van der Waals surface area contributed by atoms with Gasteiger partial charge in [0.15, 0.2) is 5.43 Å². The van der Waals surface area contributed by atoms with Crippen molar-refractivity contribution >= 4 is 37.5 Å². The van der Waals surface area contributed by atoms with Crippen molar-refractivity contribution in [3.8, 4) is 5.75 Å². The molecule has 1 heterocycles. The molecule has 0 spiro atoms. The molecule has 0 unspecified atom stereocenters. The molecule has 0 aliphatic rings. The summed E-state index contributed by atoms with van der Waals surface area (Å²) in [6.45, 7) is 1.35. The summed E-state index contributed by atoms with van der Waals surface area (Å²) in [4.78, 5) is 23.5. The highest BCUT2D eigenvalue weighted by Crippen LogP contribution is 2.31. The molecule has 0 radical (unpaired) electrons. The van der Waals surface area contributed by atoms with E-state index in [0.717, 1.165) is 4.70 Å². The number of carbonyl (C=O) groups is 1. The van der Waals surface area contributed by atoms with E-state index in [2.05, 4.69) is 0 Å². The Hall–Kier alpha value is -2.20. The van der Waals surface area contributed by atoms with E-state index in [0.29, 0.717) is 21.2 Å². The van der Waals surface area contributed by atoms with Crippen molar-refractivity contribution < 1.29 is 9.53 Å². The first-order valence-corrected chi connectivity index (χ1v) is 6.61. The maximum Gasteiger partial charge on any atom is 0.308 e. The second-order valence-corrected chi connectivity index (χ2v) is 5.21. The number of benzene rings is 2. The summed E-state index contributed by atoms with van der Waals surface area (Å²) in [5.41, 5.74) is -0.0293. The van der Waals surface area contributed by atoms with E-state index < -0.39 is 0 Å². The molecule has 0 fully saturated rings. The molecule has 3 rings (SSSR count). The first kappa shape index (κ1) is 11.9. The molecule has 0 aliphatic heterocycles. The Morgan fingerprint density at radius 1 is 1.05 bits per heavy atom. The predicted molar refractivity (Wildman–Crippen MR) is 76.9 cm³/mol. The topological polar surface area (TPSA) is 43.4 Å². The van der Waals surface area contributed by atoms with Crippen molar-refractivity contribution in [3.05, 3.63) is 52.7 Å². The molecule has 3 aromatic rings. The molecule has 0 saturated carbocycles. The SMILES string of the molecule is CC(=O)Oc1cccc2c(=O)c3ccccc3sc12. The third-order valence-electron chi connectivity index (χ3n) is 2.82. The molecule has 0 amide bonds. The Labute approximate surface area is 113 Å². The van der Waals surface area contributed by atoms with E-state index in [1.807, 2.05) is 24.3 Å². The molecular weight excluding hydrogens is 260 g/mol. The Kier molecular flexibility index (Phi) is 2.80. The van der Waals surface area contributed by atoms with Gasteiger partial charge < -0.3 is 4.74 Å². The van der Waals surface area contributed by atoms with Crippen molar-refractivity contribution in [2.75, 3.05) is 0 Å². The van der Waals surface area contributed by atoms with E-state index >= 15 is 0 Å². The summed E-state index contributed by atoms with van der Waals surface area (Å²) >= 11 is 1.46. The summed E-state index contributed by atoms with van der Waals surface area (Å²) in [5, 5.41) is 1.28. The monoisotopic (exact) mass is 270 g/mol. The van der Waals surface area contributed by atoms with Crippen LogP contribution in [0.1, 0.15) is 6.92 Å². The van der Waals surface area contributed by atoms with Gasteiger partial charge in [0.2, 0.25) is 0 Å². The van der Waals surface area contributed by atoms with Crippen LogP contribution in [0.15, 0.2) is 47.3 Å². The summed E-state index contributed by atoms with van der Waals surface area (Å²) in [6, 6.07) is 12.6. The van der Waals surface area contributed by atoms with Gasteiger partial charge in [0.05, 0.1) is 4.70 Å². The fraction of sp³-hybridized carbons (Fsp3) is 0.0667. The maximum atomic E-state index is 12.4. The average molecular weight is 270 g/mol. The van der Waals surface area contributed by atoms with Crippen LogP contribution in [0.4, 0.5) is 0 Å². The molecule has 0 saturated heterocycles. The van der Waals surface area contributed by atoms with Gasteiger partial charge in [-0.2, -0.15) is 0 Å². The van der Waals surface area contributed by atoms with E-state index in [-0.39, 0.29) is 11.4 Å². The lowest BCUT2D eigenvalue weighted by atomic mass is 10.2. The van der Waals surface area contributed by atoms with Crippen LogP contribution in [0, 0.1) is 0 Å². The fourth-order valence-corrected chi connectivity index (χ4v) is 3.15. The number of ether oxygens (including phenoxy) is 1. The third kappa shape index (κ3) is 2.00. The van der Waals surface area contributed by atoms with Gasteiger partial charge in [0.1, 0.15) is 5.75 Å². The third-order valence-corrected chi connectivity index (χ3v) is 4.02. The van der Waals surface area contributed by atoms with Gasteiger partial charge in [-0.05, 0) is 24.3 Å². The van der Waals surface area contributed by atoms with E-state index in [9.17, 15) is 9.59 Å². The molecule has 3 nitrogen and oxygen atoms in total. The minimum Gasteiger partial charge on any atom is -0.425 e. The minimum absolute atomic E-state index is 0.0293. The Balaban J connectivity index is 2.44. The molecule has 94 valence electrons. The highest BCUT2D eigenvalue weighted by Gasteiger charge is 2.10. The Morgan fingerprint density at radius 2 is 1.79 bits per heavy atom. The second kappa shape index (κ2) is 4.48. The van der Waals surface area contributed by atoms with Crippen molar-refractivity contribution in [1.82, 2.24) is 0 Å². The van der Waals surface area contributed by atoms with Crippen LogP contribution in [0.3, 0.4) is 0 Å². The highest BCUT2D eigenvalue weighted by molar-refractivity contribution is 7.24. The van der Waals surface area contributed by atoms with E-state index in [1.54, 1.807) is 18.2 Å². The zero-order chi connectivity index (χ0) is 13.4. The summed E-state index contributed by atoms with van der Waals surface area (Å²) in [6.07, 6.45) is 0. The smallest absolute Gasteiger partial charge is 0.308 e. The lowest BCUT2D eigenvalue weighted by Crippen LogP contribution is -2.04. The van der Waals surface area contributed by atoms with Crippen LogP contribution in [0.5, 0.6) is 5.75 Å². The molecule has 0 atom stereocenters. The van der Waals surface area contributed by atoms with Gasteiger partial charge in [0.25, 0.3) is 0 Å². The summed E-state index contributed by atoms with van der Waals surface area (Å²) in [5.74, 6) is 0.0539. The number of esters is 1. The first-order valence-electron chi connectivity index (χ1n) is 5.80. The van der Waals surface area contributed by atoms with Crippen LogP contribution in [-0.2, 0) is 4.79 Å². The lowest BCUT2D eigenvalue weighted by Gasteiger charge is -2.06. The number of rotatable bonds is 1. The van der Waals surface area contributed by atoms with Crippen LogP contribution >= 0.6 is 11.3 Å². The van der Waals surface area contributed by atoms with E-state index in [1.165, 1.54) is 18.3 Å². The van der Waals surface area contributed by atoms with Crippen molar-refractivity contribution in [1.29, 1.82) is 0 Å². The number of hydrogen-bond acceptors (Lipinski definition) is 4. The molecule has 1 aromatic heterocycles. The second-order valence-electron chi connectivity index (χ2n) is 4.15. The normalized spacial score (nSPS) is 10.8. The molecular formula is C15H10O3S. The minimum atomic E-state index is -0.389. The fourth-order valence-electron chi connectivity index (χ4n) is 2.03. The standard InChI is InChI=1S/C15H10O3S/c1-9(16)18-12-7-4-6-11-14(17)10-5-2-3-8-13(10)19-15(11)12/h2-8H,1H3. The molecule has 0 aliphatic carbocycles. The first-order chi connectivity index (χ1) is 9.16. The van der Waals surface area contributed by atoms with Gasteiger partial charge in [-0.15, -0.1) is 11.3 Å². The average Bonchev–Trinajstić information content (AvgIpc) is 2.40. The zero-order valence-corrected chi connectivity index (χ0v) is 11.0. The van der Waals surface area contributed by atoms with Crippen LogP contribution in [0.2, 0.25) is 0 Å². The Morgan fingerprint density at radius 3 is 2.58 bits per heavy atom. The highest BCUT2D eigenvalue weighted by atomic mass is 32.1. The van der Waals surface area contributed by atoms with Crippen LogP contribution < -0.4 is 10.2 Å². The van der Waals surface area contributed by atoms with Crippen LogP contribution in [-0.4, -0.2) is 5.97 Å². The van der Waals surface area contributed by atoms with Crippen LogP contribution in [0.25, 0.3) is 20.2 Å². The maximum absolute atomic E-state index is 12.4. The molecule has 4 heteroatoms. The number of carbonyl (C=O) groups excluding carboxylic acids is 1. The van der Waals surface area contributed by atoms with Gasteiger partial charge in [-0.1, -0.05) is 18.2 Å². The largest absolute Gasteiger partial charge is 0.425 e. The molecule has 2 aromatic carbocycles. The molecule has 0 N–H and O–H groups in total. The van der Waals surface area contributed by atoms with E-state index in [4.69, 9.17) is 4.74 Å². The van der Waals surface area contributed by atoms with Gasteiger partial charge in [-0.3, -0.25) is 9.59 Å². The molecule has 0 bridgehead atoms. The quantitative estimate of drug-likeness (QED) is 0.387. The van der Waals surface area contributed by atoms with Gasteiger partial charge in [0, 0.05) is 22.4 Å². The lowest BCUT2D eigenvalue weighted by molar-refractivity contribution is -0.131. The predicted octanol–water partition coefficient (Wildman–Crippen LogP) is 3.34. The zero-order valence-electron chi connectivity index (χ0n) is 10.2. The number of fused-ring (bicyclic) bond motifs is 2.